The predicted octanol–water partition coefficient (Wildman–Crippen LogP) is 1.81. The van der Waals surface area contributed by atoms with Gasteiger partial charge in [-0.1, -0.05) is 13.3 Å². The smallest absolute Gasteiger partial charge is 0.253 e. The molecule has 3 rings (SSSR count). The van der Waals surface area contributed by atoms with E-state index in [1.807, 2.05) is 29.2 Å². The molecule has 2 heterocycles. The molecule has 0 unspecified atom stereocenters. The summed E-state index contributed by atoms with van der Waals surface area (Å²) in [6, 6.07) is 8.37. The third kappa shape index (κ3) is 3.73. The number of anilines is 1. The van der Waals surface area contributed by atoms with Crippen LogP contribution in [0.4, 0.5) is 5.69 Å². The molecule has 24 heavy (non-hydrogen) atoms. The van der Waals surface area contributed by atoms with Gasteiger partial charge in [0.15, 0.2) is 0 Å². The zero-order chi connectivity index (χ0) is 17.1. The number of hydrogen-bond donors (Lipinski definition) is 1. The minimum atomic E-state index is -0.188. The van der Waals surface area contributed by atoms with Gasteiger partial charge in [-0.15, -0.1) is 0 Å². The minimum absolute atomic E-state index is 0.119. The number of nitrogens with zero attached hydrogens (tertiary/aromatic N) is 3. The van der Waals surface area contributed by atoms with Crippen molar-refractivity contribution in [2.24, 2.45) is 0 Å². The highest BCUT2D eigenvalue weighted by Gasteiger charge is 2.37. The maximum Gasteiger partial charge on any atom is 0.253 e. The highest BCUT2D eigenvalue weighted by Crippen LogP contribution is 2.23. The van der Waals surface area contributed by atoms with Crippen molar-refractivity contribution in [1.29, 1.82) is 0 Å². The number of carbonyl (C=O) groups is 1. The number of aliphatic hydroxyl groups is 1. The van der Waals surface area contributed by atoms with Crippen LogP contribution in [0.5, 0.6) is 0 Å². The molecule has 0 bridgehead atoms. The van der Waals surface area contributed by atoms with Crippen LogP contribution in [0.3, 0.4) is 0 Å². The van der Waals surface area contributed by atoms with E-state index in [0.29, 0.717) is 6.04 Å². The highest BCUT2D eigenvalue weighted by atomic mass is 16.3. The number of carbonyl (C=O) groups excluding carboxylic acids is 1. The first-order valence-electron chi connectivity index (χ1n) is 9.11. The molecule has 5 heteroatoms. The molecule has 132 valence electrons. The molecule has 0 spiro atoms. The number of unbranched alkanes of at least 4 members (excludes halogenated alkanes) is 1. The largest absolute Gasteiger partial charge is 0.392 e. The predicted molar refractivity (Wildman–Crippen MR) is 96.5 cm³/mol. The number of rotatable bonds is 6. The molecule has 1 amide bonds. The second-order valence-electron chi connectivity index (χ2n) is 7.12. The van der Waals surface area contributed by atoms with Crippen molar-refractivity contribution < 1.29 is 9.90 Å². The van der Waals surface area contributed by atoms with E-state index >= 15 is 0 Å². The molecule has 1 aromatic carbocycles. The Morgan fingerprint density at radius 3 is 2.54 bits per heavy atom. The zero-order valence-corrected chi connectivity index (χ0v) is 14.8. The summed E-state index contributed by atoms with van der Waals surface area (Å²) in [4.78, 5) is 19.0. The van der Waals surface area contributed by atoms with E-state index in [1.54, 1.807) is 0 Å². The van der Waals surface area contributed by atoms with Crippen LogP contribution in [0.2, 0.25) is 0 Å². The van der Waals surface area contributed by atoms with Crippen molar-refractivity contribution in [3.63, 3.8) is 0 Å². The Kier molecular flexibility index (Phi) is 5.41. The van der Waals surface area contributed by atoms with Gasteiger partial charge in [0.2, 0.25) is 0 Å². The van der Waals surface area contributed by atoms with Gasteiger partial charge in [0.05, 0.1) is 6.10 Å². The normalized spacial score (nSPS) is 21.8. The lowest BCUT2D eigenvalue weighted by atomic mass is 10.0. The fraction of sp³-hybridized carbons (Fsp3) is 0.632. The molecular formula is C19H29N3O2. The molecule has 1 atom stereocenters. The summed E-state index contributed by atoms with van der Waals surface area (Å²) in [5.74, 6) is 0.119. The summed E-state index contributed by atoms with van der Waals surface area (Å²) in [5, 5.41) is 9.62. The third-order valence-electron chi connectivity index (χ3n) is 5.26. The van der Waals surface area contributed by atoms with Gasteiger partial charge >= 0.3 is 0 Å². The second-order valence-corrected chi connectivity index (χ2v) is 7.12. The van der Waals surface area contributed by atoms with Crippen molar-refractivity contribution in [3.8, 4) is 0 Å². The fourth-order valence-corrected chi connectivity index (χ4v) is 3.52. The van der Waals surface area contributed by atoms with Gasteiger partial charge in [-0.05, 0) is 37.1 Å². The zero-order valence-electron chi connectivity index (χ0n) is 14.8. The number of likely N-dealkylation sites (tertiary alicyclic amines) is 2. The average molecular weight is 331 g/mol. The number of aliphatic hydroxyl groups excluding tert-OH is 1. The van der Waals surface area contributed by atoms with Crippen LogP contribution in [0.1, 0.15) is 36.5 Å². The molecule has 2 fully saturated rings. The van der Waals surface area contributed by atoms with Crippen LogP contribution >= 0.6 is 0 Å². The minimum Gasteiger partial charge on any atom is -0.392 e. The summed E-state index contributed by atoms with van der Waals surface area (Å²) < 4.78 is 0. The summed E-state index contributed by atoms with van der Waals surface area (Å²) in [7, 11) is 2.09. The van der Waals surface area contributed by atoms with Gasteiger partial charge < -0.3 is 14.9 Å². The van der Waals surface area contributed by atoms with Gasteiger partial charge in [-0.3, -0.25) is 9.69 Å². The van der Waals surface area contributed by atoms with Crippen molar-refractivity contribution in [2.45, 2.75) is 38.3 Å². The summed E-state index contributed by atoms with van der Waals surface area (Å²) in [5.41, 5.74) is 1.93. The average Bonchev–Trinajstić information content (AvgIpc) is 2.97. The van der Waals surface area contributed by atoms with Crippen molar-refractivity contribution >= 4 is 11.6 Å². The molecule has 2 saturated heterocycles. The summed E-state index contributed by atoms with van der Waals surface area (Å²) in [6.45, 7) is 6.50. The second kappa shape index (κ2) is 7.53. The van der Waals surface area contributed by atoms with Crippen LogP contribution in [0.25, 0.3) is 0 Å². The molecule has 0 radical (unpaired) electrons. The summed E-state index contributed by atoms with van der Waals surface area (Å²) in [6.07, 6.45) is 3.03. The SMILES string of the molecule is CCCCN(C)c1ccc(C(=O)N2CC(N3CC[C@@H](O)C3)C2)cc1. The molecule has 5 nitrogen and oxygen atoms in total. The van der Waals surface area contributed by atoms with E-state index in [1.165, 1.54) is 12.8 Å². The van der Waals surface area contributed by atoms with Gasteiger partial charge in [0.1, 0.15) is 0 Å². The van der Waals surface area contributed by atoms with Crippen molar-refractivity contribution in [2.75, 3.05) is 44.7 Å². The molecule has 2 aliphatic rings. The first kappa shape index (κ1) is 17.2. The maximum atomic E-state index is 12.5. The molecule has 0 saturated carbocycles. The number of benzene rings is 1. The van der Waals surface area contributed by atoms with Gasteiger partial charge in [0, 0.05) is 57.1 Å². The maximum absolute atomic E-state index is 12.5. The van der Waals surface area contributed by atoms with E-state index in [-0.39, 0.29) is 12.0 Å². The Bertz CT molecular complexity index is 554. The van der Waals surface area contributed by atoms with E-state index in [0.717, 1.165) is 50.4 Å². The van der Waals surface area contributed by atoms with Crippen LogP contribution in [0, 0.1) is 0 Å². The lowest BCUT2D eigenvalue weighted by Gasteiger charge is -2.44. The van der Waals surface area contributed by atoms with Gasteiger partial charge in [-0.2, -0.15) is 0 Å². The molecule has 0 aromatic heterocycles. The molecular weight excluding hydrogens is 302 g/mol. The van der Waals surface area contributed by atoms with E-state index in [9.17, 15) is 9.90 Å². The van der Waals surface area contributed by atoms with Crippen molar-refractivity contribution in [3.05, 3.63) is 29.8 Å². The Hall–Kier alpha value is -1.59. The topological polar surface area (TPSA) is 47.0 Å². The number of amides is 1. The van der Waals surface area contributed by atoms with E-state index in [4.69, 9.17) is 0 Å². The number of β-amino-alcohol motifs (C(OH)–C–C–N with tert-alkyl or cyclic N) is 1. The lowest BCUT2D eigenvalue weighted by molar-refractivity contribution is 0.0299. The molecule has 2 aliphatic heterocycles. The van der Waals surface area contributed by atoms with E-state index in [2.05, 4.69) is 23.8 Å². The molecule has 0 aliphatic carbocycles. The Labute approximate surface area is 144 Å². The van der Waals surface area contributed by atoms with Gasteiger partial charge in [0.25, 0.3) is 5.91 Å². The van der Waals surface area contributed by atoms with E-state index < -0.39 is 0 Å². The van der Waals surface area contributed by atoms with Crippen LogP contribution in [0.15, 0.2) is 24.3 Å². The highest BCUT2D eigenvalue weighted by molar-refractivity contribution is 5.95. The van der Waals surface area contributed by atoms with Crippen molar-refractivity contribution in [1.82, 2.24) is 9.80 Å². The third-order valence-corrected chi connectivity index (χ3v) is 5.26. The monoisotopic (exact) mass is 331 g/mol. The van der Waals surface area contributed by atoms with Crippen LogP contribution in [-0.2, 0) is 0 Å². The lowest BCUT2D eigenvalue weighted by Crippen LogP contribution is -2.60. The number of hydrogen-bond acceptors (Lipinski definition) is 4. The first-order valence-corrected chi connectivity index (χ1v) is 9.11. The van der Waals surface area contributed by atoms with Crippen LogP contribution in [-0.4, -0.2) is 72.7 Å². The molecule has 1 N–H and O–H groups in total. The van der Waals surface area contributed by atoms with Gasteiger partial charge in [-0.25, -0.2) is 0 Å². The standard InChI is InChI=1S/C19H29N3O2/c1-3-4-10-20(2)16-7-5-15(6-8-16)19(24)22-12-17(13-22)21-11-9-18(23)14-21/h5-8,17-18,23H,3-4,9-14H2,1-2H3/t18-/m1/s1. The fourth-order valence-electron chi connectivity index (χ4n) is 3.52. The Morgan fingerprint density at radius 1 is 1.25 bits per heavy atom. The Morgan fingerprint density at radius 2 is 1.96 bits per heavy atom. The van der Waals surface area contributed by atoms with Crippen LogP contribution < -0.4 is 4.90 Å². The Balaban J connectivity index is 1.51. The summed E-state index contributed by atoms with van der Waals surface area (Å²) >= 11 is 0. The molecule has 1 aromatic rings. The first-order chi connectivity index (χ1) is 11.6. The quantitative estimate of drug-likeness (QED) is 0.864.